The third-order valence-corrected chi connectivity index (χ3v) is 4.97. The number of nitrogens with one attached hydrogen (secondary N) is 1. The molecule has 5 nitrogen and oxygen atoms in total. The Hall–Kier alpha value is -2.34. The van der Waals surface area contributed by atoms with Gasteiger partial charge in [-0.05, 0) is 45.3 Å². The number of carbonyl (C=O) groups is 1. The fourth-order valence-electron chi connectivity index (χ4n) is 3.30. The predicted octanol–water partition coefficient (Wildman–Crippen LogP) is 4.62. The second-order valence-corrected chi connectivity index (χ2v) is 6.75. The summed E-state index contributed by atoms with van der Waals surface area (Å²) < 4.78 is 5.30. The van der Waals surface area contributed by atoms with Crippen LogP contribution in [-0.4, -0.2) is 43.0 Å². The second kappa shape index (κ2) is 8.35. The van der Waals surface area contributed by atoms with Gasteiger partial charge in [0.15, 0.2) is 5.78 Å². The Bertz CT molecular complexity index is 1040. The van der Waals surface area contributed by atoms with Gasteiger partial charge in [0.1, 0.15) is 5.75 Å². The SMILES string of the molecule is COc1ccc2c(c1)C(=O)c1c-2nc2ccccc2c1NC(C)N(C)C.Cl.Cl. The highest BCUT2D eigenvalue weighted by atomic mass is 35.5. The molecule has 1 aromatic heterocycles. The number of halogens is 2. The summed E-state index contributed by atoms with van der Waals surface area (Å²) >= 11 is 0. The number of pyridine rings is 1. The van der Waals surface area contributed by atoms with E-state index in [1.165, 1.54) is 0 Å². The van der Waals surface area contributed by atoms with Crippen molar-refractivity contribution in [2.45, 2.75) is 13.1 Å². The summed E-state index contributed by atoms with van der Waals surface area (Å²) in [5, 5.41) is 4.46. The van der Waals surface area contributed by atoms with Crippen LogP contribution in [0.25, 0.3) is 22.2 Å². The lowest BCUT2D eigenvalue weighted by molar-refractivity contribution is 0.104. The maximum atomic E-state index is 13.2. The fraction of sp³-hybridized carbons (Fsp3) is 0.238. The molecule has 1 unspecified atom stereocenters. The molecule has 1 atom stereocenters. The van der Waals surface area contributed by atoms with Crippen molar-refractivity contribution in [2.24, 2.45) is 0 Å². The molecule has 4 rings (SSSR count). The molecule has 0 spiro atoms. The van der Waals surface area contributed by atoms with Crippen LogP contribution in [0.4, 0.5) is 5.69 Å². The Labute approximate surface area is 176 Å². The van der Waals surface area contributed by atoms with Crippen molar-refractivity contribution in [1.29, 1.82) is 0 Å². The summed E-state index contributed by atoms with van der Waals surface area (Å²) in [4.78, 5) is 20.1. The zero-order valence-electron chi connectivity index (χ0n) is 16.1. The smallest absolute Gasteiger partial charge is 0.198 e. The molecule has 0 fully saturated rings. The number of benzene rings is 2. The van der Waals surface area contributed by atoms with Crippen molar-refractivity contribution < 1.29 is 9.53 Å². The number of anilines is 1. The number of ketones is 1. The van der Waals surface area contributed by atoms with E-state index in [1.807, 2.05) is 50.5 Å². The van der Waals surface area contributed by atoms with Crippen LogP contribution in [0.3, 0.4) is 0 Å². The van der Waals surface area contributed by atoms with Crippen LogP contribution in [0.2, 0.25) is 0 Å². The van der Waals surface area contributed by atoms with Crippen molar-refractivity contribution in [3.05, 3.63) is 53.6 Å². The standard InChI is InChI=1S/C21H21N3O2.2ClH/c1-12(24(2)3)22-20-15-7-5-6-8-17(15)23-19-14-10-9-13(26-4)11-16(14)21(25)18(19)20;;/h5-12H,1-4H3,(H,22,23);2*1H. The van der Waals surface area contributed by atoms with Gasteiger partial charge in [-0.25, -0.2) is 4.98 Å². The second-order valence-electron chi connectivity index (χ2n) is 6.75. The van der Waals surface area contributed by atoms with Crippen LogP contribution < -0.4 is 10.1 Å². The minimum atomic E-state index is -0.0133. The van der Waals surface area contributed by atoms with Gasteiger partial charge in [0.05, 0.1) is 35.7 Å². The molecule has 28 heavy (non-hydrogen) atoms. The number of carbonyl (C=O) groups excluding carboxylic acids is 1. The topological polar surface area (TPSA) is 54.5 Å². The summed E-state index contributed by atoms with van der Waals surface area (Å²) in [6, 6.07) is 13.5. The first-order valence-electron chi connectivity index (χ1n) is 8.60. The number of fused-ring (bicyclic) bond motifs is 4. The van der Waals surface area contributed by atoms with Crippen molar-refractivity contribution in [3.8, 4) is 17.0 Å². The van der Waals surface area contributed by atoms with E-state index in [4.69, 9.17) is 9.72 Å². The van der Waals surface area contributed by atoms with E-state index >= 15 is 0 Å². The average Bonchev–Trinajstić information content (AvgIpc) is 2.93. The van der Waals surface area contributed by atoms with Gasteiger partial charge in [-0.15, -0.1) is 24.8 Å². The molecule has 0 radical (unpaired) electrons. The van der Waals surface area contributed by atoms with Gasteiger partial charge in [0, 0.05) is 16.5 Å². The maximum Gasteiger partial charge on any atom is 0.198 e. The lowest BCUT2D eigenvalue weighted by Crippen LogP contribution is -2.32. The molecule has 0 saturated carbocycles. The summed E-state index contributed by atoms with van der Waals surface area (Å²) in [6.45, 7) is 2.07. The molecule has 0 amide bonds. The minimum Gasteiger partial charge on any atom is -0.497 e. The number of para-hydroxylation sites is 1. The highest BCUT2D eigenvalue weighted by Crippen LogP contribution is 2.43. The van der Waals surface area contributed by atoms with E-state index in [0.717, 1.165) is 27.8 Å². The number of nitrogens with zero attached hydrogens (tertiary/aromatic N) is 2. The molecule has 0 bridgehead atoms. The van der Waals surface area contributed by atoms with E-state index in [9.17, 15) is 4.79 Å². The van der Waals surface area contributed by atoms with Gasteiger partial charge in [0.25, 0.3) is 0 Å². The molecular weight excluding hydrogens is 397 g/mol. The third kappa shape index (κ3) is 3.41. The first-order valence-corrected chi connectivity index (χ1v) is 8.60. The van der Waals surface area contributed by atoms with E-state index in [0.29, 0.717) is 16.9 Å². The number of hydrogen-bond donors (Lipinski definition) is 1. The molecule has 3 aromatic rings. The molecule has 1 heterocycles. The number of methoxy groups -OCH3 is 1. The van der Waals surface area contributed by atoms with Crippen LogP contribution in [0.15, 0.2) is 42.5 Å². The Morgan fingerprint density at radius 1 is 1.07 bits per heavy atom. The van der Waals surface area contributed by atoms with E-state index < -0.39 is 0 Å². The van der Waals surface area contributed by atoms with Gasteiger partial charge in [-0.2, -0.15) is 0 Å². The number of aromatic nitrogens is 1. The summed E-state index contributed by atoms with van der Waals surface area (Å²) in [5.41, 5.74) is 4.59. The van der Waals surface area contributed by atoms with Crippen LogP contribution in [0.1, 0.15) is 22.8 Å². The summed E-state index contributed by atoms with van der Waals surface area (Å²) in [5.74, 6) is 0.659. The zero-order valence-corrected chi connectivity index (χ0v) is 17.8. The number of rotatable bonds is 4. The van der Waals surface area contributed by atoms with E-state index in [-0.39, 0.29) is 36.8 Å². The Kier molecular flexibility index (Phi) is 6.55. The Morgan fingerprint density at radius 2 is 1.79 bits per heavy atom. The number of hydrogen-bond acceptors (Lipinski definition) is 5. The summed E-state index contributed by atoms with van der Waals surface area (Å²) in [6.07, 6.45) is 0.0657. The van der Waals surface area contributed by atoms with Crippen molar-refractivity contribution in [1.82, 2.24) is 9.88 Å². The average molecular weight is 420 g/mol. The van der Waals surface area contributed by atoms with E-state index in [2.05, 4.69) is 17.1 Å². The lowest BCUT2D eigenvalue weighted by Gasteiger charge is -2.24. The van der Waals surface area contributed by atoms with Gasteiger partial charge >= 0.3 is 0 Å². The molecule has 2 aromatic carbocycles. The monoisotopic (exact) mass is 419 g/mol. The molecule has 1 aliphatic rings. The number of ether oxygens (including phenoxy) is 1. The quantitative estimate of drug-likeness (QED) is 0.489. The Balaban J connectivity index is 0.00000140. The first-order chi connectivity index (χ1) is 12.5. The van der Waals surface area contributed by atoms with Crippen LogP contribution in [0.5, 0.6) is 5.75 Å². The van der Waals surface area contributed by atoms with E-state index in [1.54, 1.807) is 13.2 Å². The van der Waals surface area contributed by atoms with Gasteiger partial charge in [0.2, 0.25) is 0 Å². The Morgan fingerprint density at radius 3 is 2.46 bits per heavy atom. The zero-order chi connectivity index (χ0) is 18.4. The molecule has 7 heteroatoms. The maximum absolute atomic E-state index is 13.2. The molecule has 1 aliphatic carbocycles. The van der Waals surface area contributed by atoms with Crippen LogP contribution in [-0.2, 0) is 0 Å². The summed E-state index contributed by atoms with van der Waals surface area (Å²) in [7, 11) is 5.61. The molecule has 0 saturated heterocycles. The highest BCUT2D eigenvalue weighted by Gasteiger charge is 2.33. The van der Waals surface area contributed by atoms with Crippen LogP contribution >= 0.6 is 24.8 Å². The van der Waals surface area contributed by atoms with Crippen molar-refractivity contribution >= 4 is 47.2 Å². The normalized spacial score (nSPS) is 12.7. The van der Waals surface area contributed by atoms with Gasteiger partial charge in [-0.3, -0.25) is 9.69 Å². The first kappa shape index (κ1) is 22.0. The van der Waals surface area contributed by atoms with Crippen LogP contribution in [0, 0.1) is 0 Å². The molecule has 1 N–H and O–H groups in total. The van der Waals surface area contributed by atoms with Crippen molar-refractivity contribution in [3.63, 3.8) is 0 Å². The molecule has 0 aliphatic heterocycles. The largest absolute Gasteiger partial charge is 0.497 e. The highest BCUT2D eigenvalue weighted by molar-refractivity contribution is 6.26. The third-order valence-electron chi connectivity index (χ3n) is 4.97. The predicted molar refractivity (Wildman–Crippen MR) is 118 cm³/mol. The van der Waals surface area contributed by atoms with Gasteiger partial charge in [-0.1, -0.05) is 18.2 Å². The van der Waals surface area contributed by atoms with Gasteiger partial charge < -0.3 is 10.1 Å². The molecule has 148 valence electrons. The molecular formula is C21H23Cl2N3O2. The fourth-order valence-corrected chi connectivity index (χ4v) is 3.30. The van der Waals surface area contributed by atoms with Crippen molar-refractivity contribution in [2.75, 3.05) is 26.5 Å². The minimum absolute atomic E-state index is 0. The lowest BCUT2D eigenvalue weighted by atomic mass is 10.0.